The third-order valence-electron chi connectivity index (χ3n) is 3.36. The van der Waals surface area contributed by atoms with Crippen LogP contribution in [0.15, 0.2) is 18.2 Å². The highest BCUT2D eigenvalue weighted by Gasteiger charge is 2.10. The van der Waals surface area contributed by atoms with E-state index >= 15 is 0 Å². The second kappa shape index (κ2) is 7.37. The minimum Gasteiger partial charge on any atom is -0.382 e. The van der Waals surface area contributed by atoms with Crippen LogP contribution in [0.1, 0.15) is 57.6 Å². The van der Waals surface area contributed by atoms with Crippen molar-refractivity contribution in [3.8, 4) is 0 Å². The number of hydrogen-bond donors (Lipinski definition) is 1. The van der Waals surface area contributed by atoms with E-state index in [-0.39, 0.29) is 0 Å². The van der Waals surface area contributed by atoms with Crippen LogP contribution in [-0.4, -0.2) is 6.04 Å². The van der Waals surface area contributed by atoms with Crippen LogP contribution < -0.4 is 5.32 Å². The van der Waals surface area contributed by atoms with Gasteiger partial charge in [0.15, 0.2) is 0 Å². The lowest BCUT2D eigenvalue weighted by Crippen LogP contribution is -2.20. The van der Waals surface area contributed by atoms with Gasteiger partial charge < -0.3 is 5.32 Å². The van der Waals surface area contributed by atoms with Gasteiger partial charge in [-0.1, -0.05) is 51.8 Å². The number of aryl methyl sites for hydroxylation is 2. The molecule has 0 bridgehead atoms. The van der Waals surface area contributed by atoms with Crippen molar-refractivity contribution in [2.45, 2.75) is 65.8 Å². The van der Waals surface area contributed by atoms with Crippen molar-refractivity contribution < 1.29 is 0 Å². The molecule has 0 unspecified atom stereocenters. The van der Waals surface area contributed by atoms with E-state index in [1.165, 1.54) is 42.5 Å². The Morgan fingerprint density at radius 3 is 2.24 bits per heavy atom. The van der Waals surface area contributed by atoms with Gasteiger partial charge in [0.1, 0.15) is 0 Å². The molecule has 0 aliphatic heterocycles. The van der Waals surface area contributed by atoms with Gasteiger partial charge in [-0.25, -0.2) is 0 Å². The molecule has 0 fully saturated rings. The summed E-state index contributed by atoms with van der Waals surface area (Å²) in [4.78, 5) is 0. The first kappa shape index (κ1) is 14.1. The Morgan fingerprint density at radius 2 is 1.71 bits per heavy atom. The highest BCUT2D eigenvalue weighted by atomic mass is 14.9. The first-order valence-corrected chi connectivity index (χ1v) is 7.07. The van der Waals surface area contributed by atoms with Gasteiger partial charge >= 0.3 is 0 Å². The molecule has 1 N–H and O–H groups in total. The first-order valence-electron chi connectivity index (χ1n) is 7.07. The van der Waals surface area contributed by atoms with Gasteiger partial charge in [0.2, 0.25) is 0 Å². The third kappa shape index (κ3) is 4.07. The van der Waals surface area contributed by atoms with Crippen molar-refractivity contribution >= 4 is 5.69 Å². The summed E-state index contributed by atoms with van der Waals surface area (Å²) in [5, 5.41) is 3.77. The molecule has 0 aromatic heterocycles. The van der Waals surface area contributed by atoms with Crippen molar-refractivity contribution in [2.24, 2.45) is 0 Å². The molecular formula is C16H27N. The van der Waals surface area contributed by atoms with E-state index in [9.17, 15) is 0 Å². The molecule has 1 aromatic carbocycles. The third-order valence-corrected chi connectivity index (χ3v) is 3.36. The molecule has 0 radical (unpaired) electrons. The zero-order valence-corrected chi connectivity index (χ0v) is 11.8. The molecule has 17 heavy (non-hydrogen) atoms. The summed E-state index contributed by atoms with van der Waals surface area (Å²) in [6.07, 6.45) is 6.15. The Bertz CT molecular complexity index is 324. The molecule has 0 aliphatic rings. The van der Waals surface area contributed by atoms with Crippen molar-refractivity contribution in [3.63, 3.8) is 0 Å². The summed E-state index contributed by atoms with van der Waals surface area (Å²) in [5.74, 6) is 0. The van der Waals surface area contributed by atoms with Gasteiger partial charge in [-0.15, -0.1) is 0 Å². The standard InChI is InChI=1S/C16H27N/c1-5-9-15(10-6-2)17-16-13(4)11-8-12-14(16)7-3/h8,11-12,15,17H,5-7,9-10H2,1-4H3. The van der Waals surface area contributed by atoms with E-state index in [4.69, 9.17) is 0 Å². The van der Waals surface area contributed by atoms with E-state index < -0.39 is 0 Å². The van der Waals surface area contributed by atoms with Crippen molar-refractivity contribution in [3.05, 3.63) is 29.3 Å². The van der Waals surface area contributed by atoms with Gasteiger partial charge in [-0.3, -0.25) is 0 Å². The topological polar surface area (TPSA) is 12.0 Å². The Morgan fingerprint density at radius 1 is 1.06 bits per heavy atom. The van der Waals surface area contributed by atoms with Crippen LogP contribution in [0.5, 0.6) is 0 Å². The molecule has 0 aliphatic carbocycles. The largest absolute Gasteiger partial charge is 0.382 e. The molecule has 1 nitrogen and oxygen atoms in total. The molecule has 0 spiro atoms. The predicted octanol–water partition coefficient (Wildman–Crippen LogP) is 4.94. The predicted molar refractivity (Wildman–Crippen MR) is 77.8 cm³/mol. The first-order chi connectivity index (χ1) is 8.22. The second-order valence-electron chi connectivity index (χ2n) is 4.88. The van der Waals surface area contributed by atoms with Crippen LogP contribution in [0.2, 0.25) is 0 Å². The van der Waals surface area contributed by atoms with Crippen LogP contribution in [-0.2, 0) is 6.42 Å². The average Bonchev–Trinajstić information content (AvgIpc) is 2.32. The zero-order valence-electron chi connectivity index (χ0n) is 11.8. The molecule has 1 heteroatoms. The van der Waals surface area contributed by atoms with E-state index in [0.717, 1.165) is 6.42 Å². The smallest absolute Gasteiger partial charge is 0.0404 e. The van der Waals surface area contributed by atoms with Gasteiger partial charge in [0.05, 0.1) is 0 Å². The van der Waals surface area contributed by atoms with Crippen molar-refractivity contribution in [1.29, 1.82) is 0 Å². The minimum atomic E-state index is 0.636. The quantitative estimate of drug-likeness (QED) is 0.703. The van der Waals surface area contributed by atoms with Crippen LogP contribution >= 0.6 is 0 Å². The molecule has 0 heterocycles. The summed E-state index contributed by atoms with van der Waals surface area (Å²) in [6, 6.07) is 7.24. The van der Waals surface area contributed by atoms with E-state index in [2.05, 4.69) is 51.2 Å². The van der Waals surface area contributed by atoms with Gasteiger partial charge in [-0.2, -0.15) is 0 Å². The Labute approximate surface area is 107 Å². The Balaban J connectivity index is 2.83. The fourth-order valence-electron chi connectivity index (χ4n) is 2.42. The minimum absolute atomic E-state index is 0.636. The lowest BCUT2D eigenvalue weighted by atomic mass is 10.0. The summed E-state index contributed by atoms with van der Waals surface area (Å²) >= 11 is 0. The normalized spacial score (nSPS) is 10.9. The van der Waals surface area contributed by atoms with Gasteiger partial charge in [-0.05, 0) is 37.3 Å². The van der Waals surface area contributed by atoms with E-state index in [1.807, 2.05) is 0 Å². The van der Waals surface area contributed by atoms with Gasteiger partial charge in [0, 0.05) is 11.7 Å². The van der Waals surface area contributed by atoms with Crippen LogP contribution in [0.3, 0.4) is 0 Å². The van der Waals surface area contributed by atoms with Crippen molar-refractivity contribution in [1.82, 2.24) is 0 Å². The number of para-hydroxylation sites is 1. The fourth-order valence-corrected chi connectivity index (χ4v) is 2.42. The lowest BCUT2D eigenvalue weighted by Gasteiger charge is -2.22. The summed E-state index contributed by atoms with van der Waals surface area (Å²) in [6.45, 7) is 8.97. The van der Waals surface area contributed by atoms with Crippen LogP contribution in [0.25, 0.3) is 0 Å². The maximum Gasteiger partial charge on any atom is 0.0404 e. The average molecular weight is 233 g/mol. The number of anilines is 1. The molecule has 0 amide bonds. The zero-order chi connectivity index (χ0) is 12.7. The Kier molecular flexibility index (Phi) is 6.10. The number of nitrogens with one attached hydrogen (secondary N) is 1. The SMILES string of the molecule is CCCC(CCC)Nc1c(C)cccc1CC. The molecule has 0 saturated carbocycles. The molecule has 1 aromatic rings. The summed E-state index contributed by atoms with van der Waals surface area (Å²) in [7, 11) is 0. The summed E-state index contributed by atoms with van der Waals surface area (Å²) in [5.41, 5.74) is 4.20. The molecule has 0 saturated heterocycles. The van der Waals surface area contributed by atoms with E-state index in [0.29, 0.717) is 6.04 Å². The summed E-state index contributed by atoms with van der Waals surface area (Å²) < 4.78 is 0. The van der Waals surface area contributed by atoms with Crippen molar-refractivity contribution in [2.75, 3.05) is 5.32 Å². The fraction of sp³-hybridized carbons (Fsp3) is 0.625. The maximum absolute atomic E-state index is 3.77. The monoisotopic (exact) mass is 233 g/mol. The van der Waals surface area contributed by atoms with Crippen LogP contribution in [0, 0.1) is 6.92 Å². The molecule has 96 valence electrons. The van der Waals surface area contributed by atoms with Gasteiger partial charge in [0.25, 0.3) is 0 Å². The number of hydrogen-bond acceptors (Lipinski definition) is 1. The lowest BCUT2D eigenvalue weighted by molar-refractivity contribution is 0.585. The van der Waals surface area contributed by atoms with E-state index in [1.54, 1.807) is 0 Å². The number of benzene rings is 1. The molecular weight excluding hydrogens is 206 g/mol. The number of rotatable bonds is 7. The molecule has 1 rings (SSSR count). The Hall–Kier alpha value is -0.980. The molecule has 0 atom stereocenters. The second-order valence-corrected chi connectivity index (χ2v) is 4.88. The highest BCUT2D eigenvalue weighted by Crippen LogP contribution is 2.23. The highest BCUT2D eigenvalue weighted by molar-refractivity contribution is 5.57. The maximum atomic E-state index is 3.77. The van der Waals surface area contributed by atoms with Crippen LogP contribution in [0.4, 0.5) is 5.69 Å².